The van der Waals surface area contributed by atoms with E-state index in [-0.39, 0.29) is 12.1 Å². The number of esters is 1. The number of fused-ring (bicyclic) bond motifs is 1. The number of hydrogen-bond donors (Lipinski definition) is 1. The maximum absolute atomic E-state index is 13.7. The number of ether oxygens (including phenoxy) is 1. The van der Waals surface area contributed by atoms with Gasteiger partial charge in [-0.05, 0) is 42.0 Å². The van der Waals surface area contributed by atoms with Crippen LogP contribution < -0.4 is 0 Å². The fourth-order valence-electron chi connectivity index (χ4n) is 4.05. The summed E-state index contributed by atoms with van der Waals surface area (Å²) in [5.74, 6) is -0.849. The lowest BCUT2D eigenvalue weighted by Gasteiger charge is -2.40. The first kappa shape index (κ1) is 20.6. The minimum absolute atomic E-state index is 0.111. The Balaban J connectivity index is 2.11. The largest absolute Gasteiger partial charge is 0.469 e. The van der Waals surface area contributed by atoms with Crippen LogP contribution in [-0.2, 0) is 26.7 Å². The van der Waals surface area contributed by atoms with Crippen molar-refractivity contribution >= 4 is 18.9 Å². The lowest BCUT2D eigenvalue weighted by Crippen LogP contribution is -2.34. The molecule has 0 saturated carbocycles. The van der Waals surface area contributed by atoms with Crippen molar-refractivity contribution in [1.82, 2.24) is 0 Å². The van der Waals surface area contributed by atoms with Crippen molar-refractivity contribution in [1.29, 1.82) is 0 Å². The average Bonchev–Trinajstić information content (AvgIpc) is 2.72. The third-order valence-corrected chi connectivity index (χ3v) is 8.61. The van der Waals surface area contributed by atoms with Crippen LogP contribution in [0.15, 0.2) is 60.7 Å². The molecule has 2 aromatic rings. The van der Waals surface area contributed by atoms with Crippen LogP contribution in [0, 0.1) is 5.92 Å². The van der Waals surface area contributed by atoms with E-state index < -0.39 is 18.4 Å². The van der Waals surface area contributed by atoms with Gasteiger partial charge in [0, 0.05) is 0 Å². The molecule has 4 nitrogen and oxygen atoms in total. The number of benzene rings is 2. The second kappa shape index (κ2) is 8.06. The zero-order chi connectivity index (χ0) is 20.4. The molecule has 0 radical (unpaired) electrons. The van der Waals surface area contributed by atoms with E-state index in [1.165, 1.54) is 7.11 Å². The van der Waals surface area contributed by atoms with Crippen LogP contribution in [0.4, 0.5) is 0 Å². The third-order valence-electron chi connectivity index (χ3n) is 5.82. The zero-order valence-corrected chi connectivity index (χ0v) is 17.5. The summed E-state index contributed by atoms with van der Waals surface area (Å²) < 4.78 is 18.7. The SMILES string of the molecule is CCC1(P(=O)(O)Cc2ccccc2)C=C(C(C)C(=O)OC)c2ccccc2C1. The first-order valence-electron chi connectivity index (χ1n) is 9.58. The first-order chi connectivity index (χ1) is 13.3. The summed E-state index contributed by atoms with van der Waals surface area (Å²) in [4.78, 5) is 23.5. The van der Waals surface area contributed by atoms with Crippen molar-refractivity contribution in [3.05, 3.63) is 77.4 Å². The molecule has 0 spiro atoms. The maximum Gasteiger partial charge on any atom is 0.312 e. The number of carbonyl (C=O) groups excluding carboxylic acids is 1. The summed E-state index contributed by atoms with van der Waals surface area (Å²) in [5, 5.41) is -0.908. The van der Waals surface area contributed by atoms with Crippen molar-refractivity contribution in [3.63, 3.8) is 0 Å². The van der Waals surface area contributed by atoms with E-state index in [9.17, 15) is 14.3 Å². The fourth-order valence-corrected chi connectivity index (χ4v) is 6.33. The van der Waals surface area contributed by atoms with E-state index in [1.807, 2.05) is 67.6 Å². The van der Waals surface area contributed by atoms with E-state index in [0.29, 0.717) is 12.8 Å². The molecule has 1 aliphatic carbocycles. The monoisotopic (exact) mass is 398 g/mol. The van der Waals surface area contributed by atoms with Gasteiger partial charge >= 0.3 is 5.97 Å². The van der Waals surface area contributed by atoms with Crippen molar-refractivity contribution in [2.75, 3.05) is 7.11 Å². The molecule has 5 heteroatoms. The van der Waals surface area contributed by atoms with Crippen molar-refractivity contribution in [2.24, 2.45) is 5.92 Å². The Morgan fingerprint density at radius 1 is 1.18 bits per heavy atom. The van der Waals surface area contributed by atoms with Gasteiger partial charge in [0.1, 0.15) is 0 Å². The lowest BCUT2D eigenvalue weighted by atomic mass is 9.78. The average molecular weight is 398 g/mol. The molecule has 0 aromatic heterocycles. The molecule has 0 aliphatic heterocycles. The Bertz CT molecular complexity index is 935. The summed E-state index contributed by atoms with van der Waals surface area (Å²) in [5.41, 5.74) is 3.58. The first-order valence-corrected chi connectivity index (χ1v) is 11.4. The van der Waals surface area contributed by atoms with Gasteiger partial charge in [0.05, 0.1) is 24.3 Å². The molecule has 3 rings (SSSR count). The molecule has 1 aliphatic rings. The molecule has 0 bridgehead atoms. The highest BCUT2D eigenvalue weighted by Crippen LogP contribution is 2.63. The highest BCUT2D eigenvalue weighted by molar-refractivity contribution is 7.59. The predicted molar refractivity (Wildman–Crippen MR) is 112 cm³/mol. The number of carbonyl (C=O) groups is 1. The number of rotatable bonds is 6. The molecule has 0 fully saturated rings. The summed E-state index contributed by atoms with van der Waals surface area (Å²) >= 11 is 0. The third kappa shape index (κ3) is 3.72. The van der Waals surface area contributed by atoms with E-state index in [4.69, 9.17) is 4.74 Å². The molecular weight excluding hydrogens is 371 g/mol. The van der Waals surface area contributed by atoms with E-state index in [1.54, 1.807) is 6.92 Å². The van der Waals surface area contributed by atoms with Crippen LogP contribution >= 0.6 is 7.37 Å². The van der Waals surface area contributed by atoms with Crippen LogP contribution in [-0.4, -0.2) is 23.1 Å². The van der Waals surface area contributed by atoms with E-state index in [0.717, 1.165) is 22.3 Å². The van der Waals surface area contributed by atoms with Gasteiger partial charge in [-0.2, -0.15) is 0 Å². The van der Waals surface area contributed by atoms with E-state index in [2.05, 4.69) is 0 Å². The predicted octanol–water partition coefficient (Wildman–Crippen LogP) is 5.05. The van der Waals surface area contributed by atoms with Crippen LogP contribution in [0.3, 0.4) is 0 Å². The molecule has 1 N–H and O–H groups in total. The number of hydrogen-bond acceptors (Lipinski definition) is 3. The molecule has 148 valence electrons. The van der Waals surface area contributed by atoms with E-state index >= 15 is 0 Å². The smallest absolute Gasteiger partial charge is 0.312 e. The van der Waals surface area contributed by atoms with Crippen molar-refractivity contribution in [3.8, 4) is 0 Å². The maximum atomic E-state index is 13.7. The van der Waals surface area contributed by atoms with Crippen LogP contribution in [0.2, 0.25) is 0 Å². The van der Waals surface area contributed by atoms with Gasteiger partial charge in [-0.25, -0.2) is 0 Å². The van der Waals surface area contributed by atoms with Crippen LogP contribution in [0.1, 0.15) is 37.0 Å². The molecular formula is C23H27O4P. The quantitative estimate of drug-likeness (QED) is 0.546. The van der Waals surface area contributed by atoms with Gasteiger partial charge in [0.2, 0.25) is 7.37 Å². The van der Waals surface area contributed by atoms with Gasteiger partial charge < -0.3 is 9.63 Å². The summed E-state index contributed by atoms with van der Waals surface area (Å²) in [7, 11) is -2.25. The molecule has 28 heavy (non-hydrogen) atoms. The van der Waals surface area contributed by atoms with Gasteiger partial charge in [0.25, 0.3) is 0 Å². The minimum Gasteiger partial charge on any atom is -0.469 e. The second-order valence-corrected chi connectivity index (χ2v) is 10.1. The molecule has 3 atom stereocenters. The molecule has 2 aromatic carbocycles. The Morgan fingerprint density at radius 3 is 2.46 bits per heavy atom. The van der Waals surface area contributed by atoms with Gasteiger partial charge in [0.15, 0.2) is 0 Å². The summed E-state index contributed by atoms with van der Waals surface area (Å²) in [6.07, 6.45) is 3.00. The molecule has 0 heterocycles. The topological polar surface area (TPSA) is 63.6 Å². The Kier molecular flexibility index (Phi) is 5.92. The van der Waals surface area contributed by atoms with Crippen LogP contribution in [0.25, 0.3) is 5.57 Å². The fraction of sp³-hybridized carbons (Fsp3) is 0.348. The molecule has 0 saturated heterocycles. The normalized spacial score (nSPS) is 21.8. The Hall–Kier alpha value is -2.16. The van der Waals surface area contributed by atoms with Gasteiger partial charge in [-0.3, -0.25) is 9.36 Å². The molecule has 3 unspecified atom stereocenters. The van der Waals surface area contributed by atoms with Crippen LogP contribution in [0.5, 0.6) is 0 Å². The van der Waals surface area contributed by atoms with Gasteiger partial charge in [-0.1, -0.05) is 67.6 Å². The highest BCUT2D eigenvalue weighted by atomic mass is 31.2. The van der Waals surface area contributed by atoms with Crippen molar-refractivity contribution in [2.45, 2.75) is 38.0 Å². The second-order valence-electron chi connectivity index (χ2n) is 7.48. The summed E-state index contributed by atoms with van der Waals surface area (Å²) in [6.45, 7) is 3.73. The molecule has 0 amide bonds. The lowest BCUT2D eigenvalue weighted by molar-refractivity contribution is -0.142. The minimum atomic E-state index is -3.62. The Morgan fingerprint density at radius 2 is 1.82 bits per heavy atom. The highest BCUT2D eigenvalue weighted by Gasteiger charge is 2.47. The standard InChI is InChI=1S/C23H27O4P/c1-4-23(28(25,26)16-18-10-6-5-7-11-18)14-19-12-8-9-13-20(19)21(15-23)17(2)22(24)27-3/h5-13,15,17H,4,14,16H2,1-3H3,(H,25,26). The Labute approximate surface area is 166 Å². The number of allylic oxidation sites excluding steroid dienone is 1. The van der Waals surface area contributed by atoms with Crippen molar-refractivity contribution < 1.29 is 19.0 Å². The summed E-state index contributed by atoms with van der Waals surface area (Å²) in [6, 6.07) is 17.2. The number of methoxy groups -OCH3 is 1. The zero-order valence-electron chi connectivity index (χ0n) is 16.6. The van der Waals surface area contributed by atoms with Gasteiger partial charge in [-0.15, -0.1) is 0 Å².